The van der Waals surface area contributed by atoms with Gasteiger partial charge in [-0.3, -0.25) is 9.59 Å². The molecule has 9 heteroatoms. The number of nitrogens with zero attached hydrogens (tertiary/aromatic N) is 1. The highest BCUT2D eigenvalue weighted by Gasteiger charge is 2.23. The van der Waals surface area contributed by atoms with Gasteiger partial charge in [0.15, 0.2) is 5.13 Å². The first kappa shape index (κ1) is 26.6. The SMILES string of the molecule is O=C(Nc1cccc(SC(C(=O)Nc2nc(-c3ccc(Cl)cc3)cs2)c2ccccc2)c1)c1ccc(F)cc1. The third kappa shape index (κ3) is 6.92. The van der Waals surface area contributed by atoms with Crippen LogP contribution in [0.15, 0.2) is 113 Å². The van der Waals surface area contributed by atoms with Gasteiger partial charge in [-0.25, -0.2) is 9.37 Å². The predicted molar refractivity (Wildman–Crippen MR) is 157 cm³/mol. The van der Waals surface area contributed by atoms with Crippen LogP contribution in [0.3, 0.4) is 0 Å². The van der Waals surface area contributed by atoms with Gasteiger partial charge in [-0.2, -0.15) is 0 Å². The van der Waals surface area contributed by atoms with E-state index < -0.39 is 11.1 Å². The molecule has 0 saturated heterocycles. The van der Waals surface area contributed by atoms with E-state index in [1.807, 2.05) is 60.0 Å². The molecule has 0 bridgehead atoms. The molecule has 2 amide bonds. The van der Waals surface area contributed by atoms with Crippen molar-refractivity contribution in [2.24, 2.45) is 0 Å². The number of amides is 2. The van der Waals surface area contributed by atoms with Crippen molar-refractivity contribution in [1.82, 2.24) is 4.98 Å². The first-order valence-corrected chi connectivity index (χ1v) is 14.0. The first-order valence-electron chi connectivity index (χ1n) is 11.9. The quantitative estimate of drug-likeness (QED) is 0.183. The van der Waals surface area contributed by atoms with Crippen molar-refractivity contribution in [3.05, 3.63) is 130 Å². The zero-order chi connectivity index (χ0) is 27.2. The van der Waals surface area contributed by atoms with Crippen LogP contribution in [0.25, 0.3) is 11.3 Å². The van der Waals surface area contributed by atoms with Gasteiger partial charge in [0.05, 0.1) is 5.69 Å². The Balaban J connectivity index is 1.33. The summed E-state index contributed by atoms with van der Waals surface area (Å²) in [5, 5.41) is 8.24. The number of thioether (sulfide) groups is 1. The lowest BCUT2D eigenvalue weighted by atomic mass is 10.1. The third-order valence-electron chi connectivity index (χ3n) is 5.67. The standard InChI is InChI=1S/C30H21ClFN3O2S2/c31-22-13-9-19(10-14-22)26-18-38-30(34-26)35-29(37)27(20-5-2-1-3-6-20)39-25-8-4-7-24(17-25)33-28(36)21-11-15-23(32)16-12-21/h1-18,27H,(H,33,36)(H,34,35,37). The minimum Gasteiger partial charge on any atom is -0.322 e. The maximum Gasteiger partial charge on any atom is 0.255 e. The van der Waals surface area contributed by atoms with Gasteiger partial charge in [-0.15, -0.1) is 23.1 Å². The molecular weight excluding hydrogens is 553 g/mol. The second kappa shape index (κ2) is 12.3. The van der Waals surface area contributed by atoms with E-state index in [-0.39, 0.29) is 11.8 Å². The molecule has 5 aromatic rings. The van der Waals surface area contributed by atoms with Crippen LogP contribution in [-0.4, -0.2) is 16.8 Å². The summed E-state index contributed by atoms with van der Waals surface area (Å²) < 4.78 is 13.2. The molecule has 1 heterocycles. The number of thiazole rings is 1. The Morgan fingerprint density at radius 1 is 0.872 bits per heavy atom. The van der Waals surface area contributed by atoms with Gasteiger partial charge in [0, 0.05) is 32.1 Å². The zero-order valence-corrected chi connectivity index (χ0v) is 22.7. The molecule has 1 atom stereocenters. The van der Waals surface area contributed by atoms with E-state index in [4.69, 9.17) is 11.6 Å². The van der Waals surface area contributed by atoms with Crippen LogP contribution >= 0.6 is 34.7 Å². The van der Waals surface area contributed by atoms with Crippen molar-refractivity contribution < 1.29 is 14.0 Å². The van der Waals surface area contributed by atoms with Crippen molar-refractivity contribution >= 4 is 57.3 Å². The van der Waals surface area contributed by atoms with Crippen molar-refractivity contribution in [2.45, 2.75) is 10.1 Å². The van der Waals surface area contributed by atoms with Crippen molar-refractivity contribution in [2.75, 3.05) is 10.6 Å². The number of carbonyl (C=O) groups is 2. The summed E-state index contributed by atoms with van der Waals surface area (Å²) in [6.07, 6.45) is 0. The average Bonchev–Trinajstić information content (AvgIpc) is 3.41. The summed E-state index contributed by atoms with van der Waals surface area (Å²) in [7, 11) is 0. The molecule has 4 aromatic carbocycles. The summed E-state index contributed by atoms with van der Waals surface area (Å²) in [4.78, 5) is 31.5. The third-order valence-corrected chi connectivity index (χ3v) is 7.92. The van der Waals surface area contributed by atoms with Gasteiger partial charge >= 0.3 is 0 Å². The Hall–Kier alpha value is -3.98. The van der Waals surface area contributed by atoms with E-state index in [9.17, 15) is 14.0 Å². The highest BCUT2D eigenvalue weighted by atomic mass is 35.5. The topological polar surface area (TPSA) is 71.1 Å². The van der Waals surface area contributed by atoms with Crippen LogP contribution in [0, 0.1) is 5.82 Å². The van der Waals surface area contributed by atoms with Crippen LogP contribution in [-0.2, 0) is 4.79 Å². The molecule has 5 rings (SSSR count). The van der Waals surface area contributed by atoms with Gasteiger partial charge in [0.2, 0.25) is 5.91 Å². The molecule has 0 fully saturated rings. The molecule has 1 aromatic heterocycles. The molecule has 194 valence electrons. The molecule has 0 aliphatic carbocycles. The summed E-state index contributed by atoms with van der Waals surface area (Å²) in [6.45, 7) is 0. The van der Waals surface area contributed by atoms with Crippen LogP contribution < -0.4 is 10.6 Å². The number of halogens is 2. The minimum absolute atomic E-state index is 0.219. The fourth-order valence-corrected chi connectivity index (χ4v) is 5.68. The number of rotatable bonds is 8. The number of anilines is 2. The summed E-state index contributed by atoms with van der Waals surface area (Å²) in [5.41, 5.74) is 3.40. The Bertz CT molecular complexity index is 1590. The largest absolute Gasteiger partial charge is 0.322 e. The molecule has 5 nitrogen and oxygen atoms in total. The normalized spacial score (nSPS) is 11.5. The fourth-order valence-electron chi connectivity index (χ4n) is 3.74. The number of nitrogens with one attached hydrogen (secondary N) is 2. The van der Waals surface area contributed by atoms with Crippen LogP contribution in [0.2, 0.25) is 5.02 Å². The molecule has 2 N–H and O–H groups in total. The summed E-state index contributed by atoms with van der Waals surface area (Å²) in [5.74, 6) is -0.979. The maximum absolute atomic E-state index is 13.5. The van der Waals surface area contributed by atoms with Crippen molar-refractivity contribution in [3.8, 4) is 11.3 Å². The Morgan fingerprint density at radius 2 is 1.62 bits per heavy atom. The van der Waals surface area contributed by atoms with E-state index >= 15 is 0 Å². The lowest BCUT2D eigenvalue weighted by molar-refractivity contribution is -0.115. The van der Waals surface area contributed by atoms with Crippen molar-refractivity contribution in [1.29, 1.82) is 0 Å². The number of aromatic nitrogens is 1. The lowest BCUT2D eigenvalue weighted by Gasteiger charge is -2.17. The molecule has 0 aliphatic rings. The van der Waals surface area contributed by atoms with E-state index in [0.29, 0.717) is 21.4 Å². The smallest absolute Gasteiger partial charge is 0.255 e. The highest BCUT2D eigenvalue weighted by molar-refractivity contribution is 8.00. The minimum atomic E-state index is -0.572. The van der Waals surface area contributed by atoms with Crippen molar-refractivity contribution in [3.63, 3.8) is 0 Å². The molecule has 1 unspecified atom stereocenters. The van der Waals surface area contributed by atoms with E-state index in [0.717, 1.165) is 21.7 Å². The average molecular weight is 574 g/mol. The van der Waals surface area contributed by atoms with Crippen LogP contribution in [0.4, 0.5) is 15.2 Å². The lowest BCUT2D eigenvalue weighted by Crippen LogP contribution is -2.19. The summed E-state index contributed by atoms with van der Waals surface area (Å²) in [6, 6.07) is 29.4. The van der Waals surface area contributed by atoms with Crippen LogP contribution in [0.5, 0.6) is 0 Å². The maximum atomic E-state index is 13.5. The molecular formula is C30H21ClFN3O2S2. The molecule has 39 heavy (non-hydrogen) atoms. The van der Waals surface area contributed by atoms with Gasteiger partial charge in [0.1, 0.15) is 11.1 Å². The van der Waals surface area contributed by atoms with Gasteiger partial charge < -0.3 is 10.6 Å². The summed E-state index contributed by atoms with van der Waals surface area (Å²) >= 11 is 8.70. The van der Waals surface area contributed by atoms with Gasteiger partial charge in [-0.05, 0) is 60.2 Å². The number of carbonyl (C=O) groups excluding carboxylic acids is 2. The van der Waals surface area contributed by atoms with E-state index in [1.165, 1.54) is 47.4 Å². The van der Waals surface area contributed by atoms with Gasteiger partial charge in [0.25, 0.3) is 5.91 Å². The fraction of sp³-hybridized carbons (Fsp3) is 0.0333. The highest BCUT2D eigenvalue weighted by Crippen LogP contribution is 2.38. The second-order valence-electron chi connectivity index (χ2n) is 8.43. The predicted octanol–water partition coefficient (Wildman–Crippen LogP) is 8.33. The monoisotopic (exact) mass is 573 g/mol. The Morgan fingerprint density at radius 3 is 2.36 bits per heavy atom. The zero-order valence-electron chi connectivity index (χ0n) is 20.3. The van der Waals surface area contributed by atoms with E-state index in [1.54, 1.807) is 24.3 Å². The Kier molecular flexibility index (Phi) is 8.36. The second-order valence-corrected chi connectivity index (χ2v) is 10.9. The molecule has 0 spiro atoms. The van der Waals surface area contributed by atoms with Crippen LogP contribution in [0.1, 0.15) is 21.2 Å². The van der Waals surface area contributed by atoms with Gasteiger partial charge in [-0.1, -0.05) is 60.1 Å². The number of hydrogen-bond acceptors (Lipinski definition) is 5. The number of benzene rings is 4. The van der Waals surface area contributed by atoms with E-state index in [2.05, 4.69) is 15.6 Å². The molecule has 0 aliphatic heterocycles. The first-order chi connectivity index (χ1) is 18.9. The molecule has 0 saturated carbocycles. The number of hydrogen-bond donors (Lipinski definition) is 2. The molecule has 0 radical (unpaired) electrons. The Labute approximate surface area is 238 Å².